The molecule has 0 radical (unpaired) electrons. The molecule has 0 bridgehead atoms. The molecule has 2 aliphatic rings. The molecule has 0 spiro atoms. The van der Waals surface area contributed by atoms with E-state index >= 15 is 0 Å². The SMILES string of the molecule is C.C.CC.Nc1ccc(N2CCC(N3CCOCC3)CC2)c(F)c1. The number of nitrogen functional groups attached to an aromatic ring is 1. The molecule has 0 aliphatic carbocycles. The van der Waals surface area contributed by atoms with Crippen LogP contribution in [0.4, 0.5) is 15.8 Å². The van der Waals surface area contributed by atoms with Gasteiger partial charge in [0, 0.05) is 37.9 Å². The molecule has 2 fully saturated rings. The Hall–Kier alpha value is -1.33. The number of nitrogens with zero attached hydrogens (tertiary/aromatic N) is 2. The molecule has 0 atom stereocenters. The lowest BCUT2D eigenvalue weighted by Crippen LogP contribution is -2.49. The van der Waals surface area contributed by atoms with Crippen molar-refractivity contribution in [3.63, 3.8) is 0 Å². The Morgan fingerprint density at radius 1 is 1.04 bits per heavy atom. The van der Waals surface area contributed by atoms with E-state index in [1.54, 1.807) is 12.1 Å². The van der Waals surface area contributed by atoms with Gasteiger partial charge in [0.25, 0.3) is 0 Å². The molecule has 0 saturated carbocycles. The Morgan fingerprint density at radius 3 is 2.17 bits per heavy atom. The molecule has 140 valence electrons. The monoisotopic (exact) mass is 341 g/mol. The summed E-state index contributed by atoms with van der Waals surface area (Å²) in [4.78, 5) is 4.64. The van der Waals surface area contributed by atoms with Crippen molar-refractivity contribution in [3.05, 3.63) is 24.0 Å². The van der Waals surface area contributed by atoms with E-state index in [1.165, 1.54) is 6.07 Å². The van der Waals surface area contributed by atoms with Crippen molar-refractivity contribution in [1.29, 1.82) is 0 Å². The second kappa shape index (κ2) is 11.3. The number of morpholine rings is 1. The first-order valence-electron chi connectivity index (χ1n) is 8.36. The summed E-state index contributed by atoms with van der Waals surface area (Å²) < 4.78 is 19.3. The Kier molecular flexibility index (Phi) is 10.6. The molecule has 24 heavy (non-hydrogen) atoms. The Balaban J connectivity index is 0.00000128. The highest BCUT2D eigenvalue weighted by Gasteiger charge is 2.26. The van der Waals surface area contributed by atoms with Crippen molar-refractivity contribution >= 4 is 11.4 Å². The summed E-state index contributed by atoms with van der Waals surface area (Å²) in [6.07, 6.45) is 2.17. The zero-order valence-corrected chi connectivity index (χ0v) is 13.7. The first-order valence-corrected chi connectivity index (χ1v) is 8.36. The maximum atomic E-state index is 13.9. The Morgan fingerprint density at radius 2 is 1.62 bits per heavy atom. The van der Waals surface area contributed by atoms with Crippen LogP contribution in [-0.2, 0) is 4.74 Å². The zero-order valence-electron chi connectivity index (χ0n) is 13.7. The molecule has 3 rings (SSSR count). The van der Waals surface area contributed by atoms with E-state index in [-0.39, 0.29) is 20.7 Å². The van der Waals surface area contributed by atoms with E-state index in [0.717, 1.165) is 52.2 Å². The average Bonchev–Trinajstić information content (AvgIpc) is 2.58. The number of hydrogen-bond acceptors (Lipinski definition) is 4. The van der Waals surface area contributed by atoms with E-state index in [9.17, 15) is 4.39 Å². The van der Waals surface area contributed by atoms with Crippen LogP contribution in [0.15, 0.2) is 18.2 Å². The van der Waals surface area contributed by atoms with Gasteiger partial charge in [0.05, 0.1) is 18.9 Å². The molecule has 4 nitrogen and oxygen atoms in total. The lowest BCUT2D eigenvalue weighted by atomic mass is 10.0. The second-order valence-electron chi connectivity index (χ2n) is 5.58. The smallest absolute Gasteiger partial charge is 0.148 e. The van der Waals surface area contributed by atoms with Crippen LogP contribution in [0.3, 0.4) is 0 Å². The molecule has 1 aromatic carbocycles. The minimum atomic E-state index is -0.213. The maximum Gasteiger partial charge on any atom is 0.148 e. The number of rotatable bonds is 2. The Bertz CT molecular complexity index is 456. The van der Waals surface area contributed by atoms with E-state index in [0.29, 0.717) is 17.4 Å². The molecular formula is C19H36FN3O. The van der Waals surface area contributed by atoms with Crippen LogP contribution in [0.25, 0.3) is 0 Å². The lowest BCUT2D eigenvalue weighted by Gasteiger charge is -2.40. The van der Waals surface area contributed by atoms with Gasteiger partial charge in [-0.2, -0.15) is 0 Å². The third kappa shape index (κ3) is 5.64. The largest absolute Gasteiger partial charge is 0.399 e. The van der Waals surface area contributed by atoms with Gasteiger partial charge < -0.3 is 15.4 Å². The highest BCUT2D eigenvalue weighted by Crippen LogP contribution is 2.26. The van der Waals surface area contributed by atoms with Crippen molar-refractivity contribution in [2.45, 2.75) is 47.6 Å². The second-order valence-corrected chi connectivity index (χ2v) is 5.58. The van der Waals surface area contributed by atoms with Crippen LogP contribution in [0.5, 0.6) is 0 Å². The van der Waals surface area contributed by atoms with Gasteiger partial charge in [-0.1, -0.05) is 28.7 Å². The fraction of sp³-hybridized carbons (Fsp3) is 0.684. The third-order valence-corrected chi connectivity index (χ3v) is 4.34. The van der Waals surface area contributed by atoms with Gasteiger partial charge in [0.2, 0.25) is 0 Å². The Labute approximate surface area is 147 Å². The average molecular weight is 342 g/mol. The van der Waals surface area contributed by atoms with E-state index in [4.69, 9.17) is 10.5 Å². The quantitative estimate of drug-likeness (QED) is 0.825. The van der Waals surface area contributed by atoms with Gasteiger partial charge in [0.1, 0.15) is 5.82 Å². The van der Waals surface area contributed by atoms with Crippen molar-refractivity contribution in [2.75, 3.05) is 50.0 Å². The fourth-order valence-corrected chi connectivity index (χ4v) is 3.19. The maximum absolute atomic E-state index is 13.9. The molecule has 5 heteroatoms. The minimum absolute atomic E-state index is 0. The number of benzene rings is 1. The molecule has 0 amide bonds. The number of piperidine rings is 1. The van der Waals surface area contributed by atoms with Crippen molar-refractivity contribution in [3.8, 4) is 0 Å². The van der Waals surface area contributed by atoms with Crippen molar-refractivity contribution < 1.29 is 9.13 Å². The van der Waals surface area contributed by atoms with Crippen molar-refractivity contribution in [1.82, 2.24) is 4.90 Å². The standard InChI is InChI=1S/C15H22FN3O.C2H6.2CH4/c16-14-11-12(17)1-2-15(14)19-5-3-13(4-6-19)18-7-9-20-10-8-18;1-2;;/h1-2,11,13H,3-10,17H2;1-2H3;2*1H4. The topological polar surface area (TPSA) is 41.7 Å². The first-order chi connectivity index (χ1) is 10.7. The zero-order chi connectivity index (χ0) is 15.9. The van der Waals surface area contributed by atoms with Gasteiger partial charge in [-0.05, 0) is 31.0 Å². The predicted molar refractivity (Wildman–Crippen MR) is 103 cm³/mol. The number of nitrogens with two attached hydrogens (primary N) is 1. The summed E-state index contributed by atoms with van der Waals surface area (Å²) in [5, 5.41) is 0. The summed E-state index contributed by atoms with van der Waals surface area (Å²) in [6.45, 7) is 9.55. The van der Waals surface area contributed by atoms with E-state index < -0.39 is 0 Å². The molecule has 0 aromatic heterocycles. The van der Waals surface area contributed by atoms with Crippen LogP contribution >= 0.6 is 0 Å². The third-order valence-electron chi connectivity index (χ3n) is 4.34. The first kappa shape index (κ1) is 22.7. The van der Waals surface area contributed by atoms with Gasteiger partial charge in [-0.25, -0.2) is 4.39 Å². The minimum Gasteiger partial charge on any atom is -0.399 e. The summed E-state index contributed by atoms with van der Waals surface area (Å²) in [5.74, 6) is -0.213. The lowest BCUT2D eigenvalue weighted by molar-refractivity contribution is 0.0115. The molecule has 1 aromatic rings. The van der Waals surface area contributed by atoms with Gasteiger partial charge >= 0.3 is 0 Å². The molecule has 2 heterocycles. The highest BCUT2D eigenvalue weighted by atomic mass is 19.1. The summed E-state index contributed by atoms with van der Waals surface area (Å²) >= 11 is 0. The van der Waals surface area contributed by atoms with Crippen molar-refractivity contribution in [2.24, 2.45) is 0 Å². The van der Waals surface area contributed by atoms with Gasteiger partial charge in [0.15, 0.2) is 0 Å². The molecule has 0 unspecified atom stereocenters. The number of halogens is 1. The summed E-state index contributed by atoms with van der Waals surface area (Å²) in [6, 6.07) is 5.59. The van der Waals surface area contributed by atoms with Gasteiger partial charge in [-0.3, -0.25) is 4.90 Å². The van der Waals surface area contributed by atoms with Gasteiger partial charge in [-0.15, -0.1) is 0 Å². The molecule has 2 N–H and O–H groups in total. The summed E-state index contributed by atoms with van der Waals surface area (Å²) in [7, 11) is 0. The number of hydrogen-bond donors (Lipinski definition) is 1. The van der Waals surface area contributed by atoms with Crippen LogP contribution < -0.4 is 10.6 Å². The summed E-state index contributed by atoms with van der Waals surface area (Å²) in [5.41, 5.74) is 6.76. The number of ether oxygens (including phenoxy) is 1. The molecular weight excluding hydrogens is 305 g/mol. The van der Waals surface area contributed by atoms with Crippen LogP contribution in [-0.4, -0.2) is 50.3 Å². The molecule has 2 saturated heterocycles. The number of anilines is 2. The van der Waals surface area contributed by atoms with Crippen LogP contribution in [0.2, 0.25) is 0 Å². The van der Waals surface area contributed by atoms with E-state index in [1.807, 2.05) is 13.8 Å². The normalized spacial score (nSPS) is 18.7. The fourth-order valence-electron chi connectivity index (χ4n) is 3.19. The predicted octanol–water partition coefficient (Wildman–Crippen LogP) is 4.01. The highest BCUT2D eigenvalue weighted by molar-refractivity contribution is 5.54. The van der Waals surface area contributed by atoms with E-state index in [2.05, 4.69) is 9.80 Å². The van der Waals surface area contributed by atoms with Crippen LogP contribution in [0, 0.1) is 5.82 Å². The molecule has 2 aliphatic heterocycles. The van der Waals surface area contributed by atoms with Crippen LogP contribution in [0.1, 0.15) is 41.5 Å².